The molecule has 1 unspecified atom stereocenters. The number of fused-ring (bicyclic) bond motifs is 1. The van der Waals surface area contributed by atoms with Gasteiger partial charge in [-0.2, -0.15) is 0 Å². The normalized spacial score (nSPS) is 18.1. The van der Waals surface area contributed by atoms with Gasteiger partial charge in [0.2, 0.25) is 0 Å². The number of primary amides is 1. The summed E-state index contributed by atoms with van der Waals surface area (Å²) in [5.41, 5.74) is 10.9. The minimum Gasteiger partial charge on any atom is -0.441 e. The summed E-state index contributed by atoms with van der Waals surface area (Å²) in [5, 5.41) is 0. The molecule has 1 aliphatic rings. The fourth-order valence-corrected chi connectivity index (χ4v) is 3.49. The van der Waals surface area contributed by atoms with Crippen molar-refractivity contribution < 1.29 is 9.53 Å². The van der Waals surface area contributed by atoms with Crippen molar-refractivity contribution in [3.05, 3.63) is 53.6 Å². The molecule has 126 valence electrons. The first kappa shape index (κ1) is 16.4. The first-order valence-electron chi connectivity index (χ1n) is 8.14. The number of amides is 1. The standard InChI is InChI=1S/C20H24N2O2/c1-20(2)12-15-11-14(7-10-17(15)18(20)24-19(21)23)13-5-8-16(9-6-13)22(3)4/h5-11,18H,12H2,1-4H3,(H2,21,23). The van der Waals surface area contributed by atoms with Crippen LogP contribution in [0.1, 0.15) is 31.1 Å². The van der Waals surface area contributed by atoms with E-state index in [1.807, 2.05) is 14.1 Å². The lowest BCUT2D eigenvalue weighted by Crippen LogP contribution is -2.25. The fourth-order valence-electron chi connectivity index (χ4n) is 3.49. The van der Waals surface area contributed by atoms with Gasteiger partial charge in [-0.25, -0.2) is 4.79 Å². The lowest BCUT2D eigenvalue weighted by molar-refractivity contribution is 0.0392. The summed E-state index contributed by atoms with van der Waals surface area (Å²) in [6.45, 7) is 4.21. The van der Waals surface area contributed by atoms with Crippen LogP contribution in [0.2, 0.25) is 0 Å². The summed E-state index contributed by atoms with van der Waals surface area (Å²) in [6.07, 6.45) is -0.136. The van der Waals surface area contributed by atoms with Gasteiger partial charge in [-0.05, 0) is 40.8 Å². The van der Waals surface area contributed by atoms with E-state index in [0.29, 0.717) is 0 Å². The minimum atomic E-state index is -0.718. The summed E-state index contributed by atoms with van der Waals surface area (Å²) in [4.78, 5) is 13.3. The summed E-state index contributed by atoms with van der Waals surface area (Å²) >= 11 is 0. The molecule has 3 rings (SSSR count). The van der Waals surface area contributed by atoms with E-state index in [1.54, 1.807) is 0 Å². The Morgan fingerprint density at radius 2 is 1.75 bits per heavy atom. The van der Waals surface area contributed by atoms with Crippen molar-refractivity contribution in [2.75, 3.05) is 19.0 Å². The smallest absolute Gasteiger partial charge is 0.405 e. The van der Waals surface area contributed by atoms with Crippen LogP contribution < -0.4 is 10.6 Å². The van der Waals surface area contributed by atoms with E-state index in [4.69, 9.17) is 10.5 Å². The van der Waals surface area contributed by atoms with Gasteiger partial charge in [0.1, 0.15) is 6.10 Å². The highest BCUT2D eigenvalue weighted by molar-refractivity contribution is 5.69. The summed E-state index contributed by atoms with van der Waals surface area (Å²) in [6, 6.07) is 14.8. The van der Waals surface area contributed by atoms with Crippen LogP contribution >= 0.6 is 0 Å². The molecular weight excluding hydrogens is 300 g/mol. The minimum absolute atomic E-state index is 0.148. The molecule has 4 nitrogen and oxygen atoms in total. The molecule has 1 amide bonds. The van der Waals surface area contributed by atoms with E-state index in [2.05, 4.69) is 61.2 Å². The molecular formula is C20H24N2O2. The Labute approximate surface area is 143 Å². The van der Waals surface area contributed by atoms with Crippen molar-refractivity contribution in [2.45, 2.75) is 26.4 Å². The number of hydrogen-bond acceptors (Lipinski definition) is 3. The van der Waals surface area contributed by atoms with E-state index in [1.165, 1.54) is 22.4 Å². The van der Waals surface area contributed by atoms with Crippen LogP contribution in [0.4, 0.5) is 10.5 Å². The average molecular weight is 324 g/mol. The van der Waals surface area contributed by atoms with Gasteiger partial charge in [-0.1, -0.05) is 44.2 Å². The van der Waals surface area contributed by atoms with E-state index in [9.17, 15) is 4.79 Å². The average Bonchev–Trinajstić information content (AvgIpc) is 2.76. The molecule has 0 bridgehead atoms. The zero-order valence-electron chi connectivity index (χ0n) is 14.7. The Hall–Kier alpha value is -2.49. The SMILES string of the molecule is CN(C)c1ccc(-c2ccc3c(c2)CC(C)(C)C3OC(N)=O)cc1. The Bertz CT molecular complexity index is 764. The number of carbonyl (C=O) groups is 1. The third-order valence-corrected chi connectivity index (χ3v) is 4.73. The van der Waals surface area contributed by atoms with E-state index < -0.39 is 6.09 Å². The maximum Gasteiger partial charge on any atom is 0.405 e. The second-order valence-corrected chi connectivity index (χ2v) is 7.34. The van der Waals surface area contributed by atoms with Crippen LogP contribution in [0.25, 0.3) is 11.1 Å². The number of nitrogens with zero attached hydrogens (tertiary/aromatic N) is 1. The Kier molecular flexibility index (Phi) is 3.99. The van der Waals surface area contributed by atoms with E-state index >= 15 is 0 Å². The second kappa shape index (κ2) is 5.86. The first-order chi connectivity index (χ1) is 11.3. The Balaban J connectivity index is 1.94. The van der Waals surface area contributed by atoms with Gasteiger partial charge in [0.25, 0.3) is 0 Å². The number of ether oxygens (including phenoxy) is 1. The molecule has 0 fully saturated rings. The molecule has 2 aromatic rings. The summed E-state index contributed by atoms with van der Waals surface area (Å²) < 4.78 is 5.37. The van der Waals surface area contributed by atoms with Crippen molar-refractivity contribution in [3.8, 4) is 11.1 Å². The lowest BCUT2D eigenvalue weighted by Gasteiger charge is -2.26. The number of rotatable bonds is 3. The maximum atomic E-state index is 11.2. The highest BCUT2D eigenvalue weighted by Crippen LogP contribution is 2.48. The van der Waals surface area contributed by atoms with Gasteiger partial charge in [0, 0.05) is 25.2 Å². The zero-order chi connectivity index (χ0) is 17.5. The Morgan fingerprint density at radius 1 is 1.12 bits per heavy atom. The second-order valence-electron chi connectivity index (χ2n) is 7.34. The predicted octanol–water partition coefficient (Wildman–Crippen LogP) is 4.14. The molecule has 1 atom stereocenters. The van der Waals surface area contributed by atoms with Crippen molar-refractivity contribution >= 4 is 11.8 Å². The third kappa shape index (κ3) is 2.96. The van der Waals surface area contributed by atoms with Gasteiger partial charge in [0.15, 0.2) is 0 Å². The third-order valence-electron chi connectivity index (χ3n) is 4.73. The topological polar surface area (TPSA) is 55.6 Å². The number of hydrogen-bond donors (Lipinski definition) is 1. The molecule has 0 spiro atoms. The monoisotopic (exact) mass is 324 g/mol. The molecule has 0 aliphatic heterocycles. The van der Waals surface area contributed by atoms with Gasteiger partial charge >= 0.3 is 6.09 Å². The molecule has 0 radical (unpaired) electrons. The van der Waals surface area contributed by atoms with Crippen molar-refractivity contribution in [1.29, 1.82) is 0 Å². The number of anilines is 1. The highest BCUT2D eigenvalue weighted by atomic mass is 16.6. The highest BCUT2D eigenvalue weighted by Gasteiger charge is 2.41. The molecule has 0 saturated heterocycles. The molecule has 0 heterocycles. The molecule has 24 heavy (non-hydrogen) atoms. The lowest BCUT2D eigenvalue weighted by atomic mass is 9.87. The zero-order valence-corrected chi connectivity index (χ0v) is 14.7. The largest absolute Gasteiger partial charge is 0.441 e. The molecule has 2 aromatic carbocycles. The first-order valence-corrected chi connectivity index (χ1v) is 8.14. The van der Waals surface area contributed by atoms with Crippen LogP contribution in [0.5, 0.6) is 0 Å². The number of carbonyl (C=O) groups excluding carboxylic acids is 1. The molecule has 0 aromatic heterocycles. The van der Waals surface area contributed by atoms with Crippen LogP contribution in [0.15, 0.2) is 42.5 Å². The van der Waals surface area contributed by atoms with Crippen LogP contribution in [0, 0.1) is 5.41 Å². The van der Waals surface area contributed by atoms with Crippen molar-refractivity contribution in [1.82, 2.24) is 0 Å². The molecule has 4 heteroatoms. The van der Waals surface area contributed by atoms with Crippen LogP contribution in [-0.2, 0) is 11.2 Å². The van der Waals surface area contributed by atoms with Gasteiger partial charge < -0.3 is 15.4 Å². The fraction of sp³-hybridized carbons (Fsp3) is 0.350. The van der Waals surface area contributed by atoms with Gasteiger partial charge in [-0.3, -0.25) is 0 Å². The van der Waals surface area contributed by atoms with Gasteiger partial charge in [-0.15, -0.1) is 0 Å². The maximum absolute atomic E-state index is 11.2. The summed E-state index contributed by atoms with van der Waals surface area (Å²) in [5.74, 6) is 0. The Morgan fingerprint density at radius 3 is 2.33 bits per heavy atom. The van der Waals surface area contributed by atoms with Crippen LogP contribution in [0.3, 0.4) is 0 Å². The number of benzene rings is 2. The van der Waals surface area contributed by atoms with E-state index in [0.717, 1.165) is 12.0 Å². The van der Waals surface area contributed by atoms with Crippen molar-refractivity contribution in [3.63, 3.8) is 0 Å². The molecule has 0 saturated carbocycles. The van der Waals surface area contributed by atoms with Gasteiger partial charge in [0.05, 0.1) is 0 Å². The van der Waals surface area contributed by atoms with E-state index in [-0.39, 0.29) is 11.5 Å². The predicted molar refractivity (Wildman–Crippen MR) is 97.1 cm³/mol. The van der Waals surface area contributed by atoms with Crippen LogP contribution in [-0.4, -0.2) is 20.2 Å². The quantitative estimate of drug-likeness (QED) is 0.923. The summed E-state index contributed by atoms with van der Waals surface area (Å²) in [7, 11) is 4.07. The molecule has 2 N–H and O–H groups in total. The molecule has 1 aliphatic carbocycles. The van der Waals surface area contributed by atoms with Crippen molar-refractivity contribution in [2.24, 2.45) is 11.1 Å². The number of nitrogens with two attached hydrogens (primary N) is 1.